The molecular formula is C57H102O28P4. The predicted octanol–water partition coefficient (Wildman–Crippen LogP) is 9.06. The van der Waals surface area contributed by atoms with Gasteiger partial charge in [-0.2, -0.15) is 0 Å². The first-order valence-electron chi connectivity index (χ1n) is 29.5. The van der Waals surface area contributed by atoms with Crippen molar-refractivity contribution in [1.29, 1.82) is 0 Å². The van der Waals surface area contributed by atoms with Crippen molar-refractivity contribution in [1.82, 2.24) is 0 Å². The van der Waals surface area contributed by atoms with Gasteiger partial charge in [-0.25, -0.2) is 19.2 Å². The summed E-state index contributed by atoms with van der Waals surface area (Å²) in [6, 6.07) is 0. The lowest BCUT2D eigenvalue weighted by atomic mass is 10.1. The van der Waals surface area contributed by atoms with Crippen LogP contribution >= 0.6 is 30.4 Å². The van der Waals surface area contributed by atoms with Gasteiger partial charge in [0.2, 0.25) is 0 Å². The predicted molar refractivity (Wildman–Crippen MR) is 330 cm³/mol. The van der Waals surface area contributed by atoms with Crippen LogP contribution in [0.25, 0.3) is 0 Å². The van der Waals surface area contributed by atoms with Crippen molar-refractivity contribution in [3.63, 3.8) is 0 Å². The van der Waals surface area contributed by atoms with Gasteiger partial charge in [0.05, 0.1) is 103 Å². The van der Waals surface area contributed by atoms with Crippen LogP contribution in [0.3, 0.4) is 0 Å². The van der Waals surface area contributed by atoms with Crippen LogP contribution in [0.4, 0.5) is 0 Å². The molecule has 518 valence electrons. The summed E-state index contributed by atoms with van der Waals surface area (Å²) in [4.78, 5) is 158. The van der Waals surface area contributed by atoms with Crippen molar-refractivity contribution >= 4 is 78.1 Å². The molecule has 0 aliphatic heterocycles. The first kappa shape index (κ1) is 90.7. The molecule has 0 saturated carbocycles. The number of unbranched alkanes of at least 4 members (excludes halogenated alkanes) is 17. The Labute approximate surface area is 524 Å². The zero-order valence-electron chi connectivity index (χ0n) is 52.5. The number of esters is 8. The van der Waals surface area contributed by atoms with E-state index in [9.17, 15) is 56.6 Å². The summed E-state index contributed by atoms with van der Waals surface area (Å²) in [6.45, 7) is 22.8. The summed E-state index contributed by atoms with van der Waals surface area (Å²) in [5, 5.41) is 0. The van der Waals surface area contributed by atoms with Crippen LogP contribution in [0.2, 0.25) is 0 Å². The Balaban J connectivity index is -0.000000543. The molecule has 0 bridgehead atoms. The molecule has 0 unspecified atom stereocenters. The highest BCUT2D eigenvalue weighted by Crippen LogP contribution is 2.37. The summed E-state index contributed by atoms with van der Waals surface area (Å²) >= 11 is 0. The lowest BCUT2D eigenvalue weighted by molar-refractivity contribution is -0.144. The summed E-state index contributed by atoms with van der Waals surface area (Å²) in [6.07, 6.45) is 15.5. The number of hydrogen-bond donors (Lipinski definition) is 8. The molecule has 0 heterocycles. The number of carbonyl (C=O) groups is 8. The van der Waals surface area contributed by atoms with Crippen LogP contribution in [-0.4, -0.2) is 164 Å². The van der Waals surface area contributed by atoms with Gasteiger partial charge in [-0.1, -0.05) is 90.5 Å². The summed E-state index contributed by atoms with van der Waals surface area (Å²) in [5.41, 5.74) is 1.55. The number of hydrogen-bond acceptors (Lipinski definition) is 20. The number of rotatable bonds is 49. The second-order valence-corrected chi connectivity index (χ2v) is 27.6. The Hall–Kier alpha value is -4.68. The van der Waals surface area contributed by atoms with Gasteiger partial charge in [0.1, 0.15) is 0 Å². The molecule has 0 saturated heterocycles. The maximum absolute atomic E-state index is 11.2. The molecule has 0 aliphatic carbocycles. The summed E-state index contributed by atoms with van der Waals surface area (Å²) < 4.78 is 81.5. The van der Waals surface area contributed by atoms with E-state index in [1.54, 1.807) is 27.7 Å². The average Bonchev–Trinajstić information content (AvgIpc) is 3.53. The monoisotopic (exact) mass is 1360 g/mol. The fourth-order valence-electron chi connectivity index (χ4n) is 6.25. The minimum absolute atomic E-state index is 0.189. The van der Waals surface area contributed by atoms with Gasteiger partial charge >= 0.3 is 78.1 Å². The van der Waals surface area contributed by atoms with Crippen LogP contribution in [0.1, 0.15) is 188 Å². The standard InChI is InChI=1S/C17H31O7P.C15H27O7P.C13H23O7P.C12H21O7P/c1-15(2)17(19)24-13-10-8-6-4-3-5-7-9-12-23-16(18)11-14-25(20,21)22;1-13(2)15(17)22-11-8-6-4-3-5-7-10-21-14(16)9-12-23(18,19)20;1-11(2)13(15)20-9-6-4-3-5-8-19-12(14)7-10-21(16,17)18;1-10(2)12(14)19-8-5-3-4-7-18-11(13)6-9-20(15,16)17/h1,3-14H2,2H3,(H2,20,21,22);1,3-12H2,2H3,(H2,18,19,20);1,3-10H2,2H3,(H2,16,17,18);1,3-9H2,2H3,(H2,15,16,17). The van der Waals surface area contributed by atoms with Crippen LogP contribution in [0, 0.1) is 0 Å². The molecule has 8 N–H and O–H groups in total. The van der Waals surface area contributed by atoms with Crippen molar-refractivity contribution < 1.29 is 134 Å². The van der Waals surface area contributed by atoms with E-state index in [2.05, 4.69) is 26.3 Å². The van der Waals surface area contributed by atoms with E-state index in [1.807, 2.05) is 0 Å². The lowest BCUT2D eigenvalue weighted by Gasteiger charge is -2.06. The van der Waals surface area contributed by atoms with Crippen molar-refractivity contribution in [3.8, 4) is 0 Å². The van der Waals surface area contributed by atoms with Crippen LogP contribution in [0.15, 0.2) is 48.6 Å². The minimum Gasteiger partial charge on any atom is -0.466 e. The largest absolute Gasteiger partial charge is 0.466 e. The van der Waals surface area contributed by atoms with E-state index in [4.69, 9.17) is 77.0 Å². The molecule has 32 heteroatoms. The quantitative estimate of drug-likeness (QED) is 0.00925. The van der Waals surface area contributed by atoms with Crippen molar-refractivity contribution in [2.45, 2.75) is 188 Å². The van der Waals surface area contributed by atoms with Gasteiger partial charge in [0.15, 0.2) is 0 Å². The van der Waals surface area contributed by atoms with Gasteiger partial charge in [0, 0.05) is 22.3 Å². The molecule has 0 aromatic rings. The van der Waals surface area contributed by atoms with E-state index < -0.39 is 90.8 Å². The number of carbonyl (C=O) groups excluding carboxylic acids is 8. The topological polar surface area (TPSA) is 441 Å². The maximum Gasteiger partial charge on any atom is 0.333 e. The fraction of sp³-hybridized carbons (Fsp3) is 0.719. The van der Waals surface area contributed by atoms with E-state index in [1.165, 1.54) is 0 Å². The maximum atomic E-state index is 11.2. The first-order chi connectivity index (χ1) is 41.4. The second kappa shape index (κ2) is 56.1. The molecule has 0 fully saturated rings. The average molecular weight is 1360 g/mol. The van der Waals surface area contributed by atoms with E-state index in [0.717, 1.165) is 116 Å². The van der Waals surface area contributed by atoms with E-state index in [0.29, 0.717) is 68.0 Å². The first-order valence-corrected chi connectivity index (χ1v) is 36.7. The fourth-order valence-corrected chi connectivity index (χ4v) is 8.14. The zero-order chi connectivity index (χ0) is 68.7. The van der Waals surface area contributed by atoms with E-state index in [-0.39, 0.29) is 64.0 Å². The van der Waals surface area contributed by atoms with Gasteiger partial charge in [0.25, 0.3) is 0 Å². The molecule has 28 nitrogen and oxygen atoms in total. The van der Waals surface area contributed by atoms with Gasteiger partial charge < -0.3 is 77.0 Å². The van der Waals surface area contributed by atoms with Crippen LogP contribution in [0.5, 0.6) is 0 Å². The molecule has 0 rings (SSSR count). The Kier molecular flexibility index (Phi) is 57.2. The van der Waals surface area contributed by atoms with E-state index >= 15 is 0 Å². The lowest BCUT2D eigenvalue weighted by Crippen LogP contribution is -2.09. The van der Waals surface area contributed by atoms with Crippen LogP contribution in [-0.2, 0) is 94.5 Å². The minimum atomic E-state index is -4.15. The molecule has 0 radical (unpaired) electrons. The molecule has 0 aromatic heterocycles. The van der Waals surface area contributed by atoms with Gasteiger partial charge in [-0.05, 0) is 98.3 Å². The van der Waals surface area contributed by atoms with Crippen molar-refractivity contribution in [2.24, 2.45) is 0 Å². The Morgan fingerprint density at radius 3 is 0.506 bits per heavy atom. The highest BCUT2D eigenvalue weighted by Gasteiger charge is 2.19. The molecule has 0 aromatic carbocycles. The molecular weight excluding hydrogens is 1260 g/mol. The Morgan fingerprint density at radius 2 is 0.371 bits per heavy atom. The van der Waals surface area contributed by atoms with Gasteiger partial charge in [-0.15, -0.1) is 0 Å². The highest BCUT2D eigenvalue weighted by atomic mass is 31.2. The summed E-state index contributed by atoms with van der Waals surface area (Å²) in [7, 11) is -16.5. The molecule has 0 amide bonds. The van der Waals surface area contributed by atoms with Gasteiger partial charge in [-0.3, -0.25) is 37.4 Å². The van der Waals surface area contributed by atoms with Crippen molar-refractivity contribution in [3.05, 3.63) is 48.6 Å². The van der Waals surface area contributed by atoms with Crippen molar-refractivity contribution in [2.75, 3.05) is 77.5 Å². The molecule has 0 atom stereocenters. The normalized spacial score (nSPS) is 11.1. The third-order valence-corrected chi connectivity index (χ3v) is 14.4. The third kappa shape index (κ3) is 77.5. The summed E-state index contributed by atoms with van der Waals surface area (Å²) in [5.74, 6) is -3.87. The number of ether oxygens (including phenoxy) is 8. The highest BCUT2D eigenvalue weighted by molar-refractivity contribution is 7.52. The molecule has 0 aliphatic rings. The molecule has 89 heavy (non-hydrogen) atoms. The second-order valence-electron chi connectivity index (χ2n) is 20.5. The van der Waals surface area contributed by atoms with Crippen LogP contribution < -0.4 is 0 Å². The zero-order valence-corrected chi connectivity index (χ0v) is 56.1. The smallest absolute Gasteiger partial charge is 0.333 e. The SMILES string of the molecule is C=C(C)C(=O)OCCCCCCCCCCOC(=O)CCP(=O)(O)O.C=C(C)C(=O)OCCCCCCCCOC(=O)CCP(=O)(O)O.C=C(C)C(=O)OCCCCCCOC(=O)CCP(=O)(O)O.C=C(C)C(=O)OCCCCCOC(=O)CCP(=O)(O)O. The Morgan fingerprint density at radius 1 is 0.247 bits per heavy atom. The Bertz CT molecular complexity index is 2300. The molecule has 0 spiro atoms. The third-order valence-electron chi connectivity index (χ3n) is 11.2.